The molecular weight excluding hydrogens is 310 g/mol. The first kappa shape index (κ1) is 16.0. The van der Waals surface area contributed by atoms with Crippen molar-refractivity contribution >= 4 is 17.7 Å². The van der Waals surface area contributed by atoms with Crippen molar-refractivity contribution in [3.8, 4) is 0 Å². The molecule has 0 saturated carbocycles. The molecule has 2 aromatic rings. The lowest BCUT2D eigenvalue weighted by Gasteiger charge is -2.31. The summed E-state index contributed by atoms with van der Waals surface area (Å²) in [5, 5.41) is 11.5. The number of likely N-dealkylation sites (tertiary alicyclic amines) is 1. The highest BCUT2D eigenvalue weighted by Gasteiger charge is 2.23. The minimum atomic E-state index is 0.194. The number of aryl methyl sites for hydroxylation is 2. The van der Waals surface area contributed by atoms with Crippen LogP contribution >= 0.6 is 11.8 Å². The fourth-order valence-corrected chi connectivity index (χ4v) is 3.81. The average molecular weight is 331 g/mol. The second-order valence-corrected chi connectivity index (χ2v) is 7.21. The van der Waals surface area contributed by atoms with Gasteiger partial charge >= 0.3 is 0 Å². The van der Waals surface area contributed by atoms with E-state index >= 15 is 0 Å². The highest BCUT2D eigenvalue weighted by molar-refractivity contribution is 8.00. The number of piperidine rings is 1. The van der Waals surface area contributed by atoms with Crippen LogP contribution in [0.25, 0.3) is 0 Å². The molecule has 0 unspecified atom stereocenters. The van der Waals surface area contributed by atoms with Gasteiger partial charge in [-0.15, -0.1) is 16.9 Å². The van der Waals surface area contributed by atoms with E-state index in [0.717, 1.165) is 25.9 Å². The van der Waals surface area contributed by atoms with E-state index in [0.29, 0.717) is 18.2 Å². The van der Waals surface area contributed by atoms with Gasteiger partial charge < -0.3 is 4.90 Å². The zero-order chi connectivity index (χ0) is 16.1. The lowest BCUT2D eigenvalue weighted by atomic mass is 10.1. The normalized spacial score (nSPS) is 15.8. The molecular formula is C16H21N5OS. The molecule has 3 rings (SSSR count). The maximum Gasteiger partial charge on any atom is 0.224 e. The van der Waals surface area contributed by atoms with Crippen molar-refractivity contribution in [3.63, 3.8) is 0 Å². The average Bonchev–Trinajstić information content (AvgIpc) is 3.09. The monoisotopic (exact) mass is 331 g/mol. The van der Waals surface area contributed by atoms with Gasteiger partial charge in [-0.1, -0.05) is 17.7 Å². The molecule has 7 heteroatoms. The van der Waals surface area contributed by atoms with Crippen molar-refractivity contribution in [1.29, 1.82) is 0 Å². The van der Waals surface area contributed by atoms with Crippen LogP contribution in [0.5, 0.6) is 0 Å². The number of carbonyl (C=O) groups excluding carboxylic acids is 1. The Kier molecular flexibility index (Phi) is 5.27. The predicted molar refractivity (Wildman–Crippen MR) is 89.1 cm³/mol. The summed E-state index contributed by atoms with van der Waals surface area (Å²) in [6.07, 6.45) is 4.10. The number of tetrazole rings is 1. The second-order valence-electron chi connectivity index (χ2n) is 5.83. The first-order valence-electron chi connectivity index (χ1n) is 7.92. The van der Waals surface area contributed by atoms with E-state index in [2.05, 4.69) is 46.7 Å². The number of thioether (sulfide) groups is 1. The van der Waals surface area contributed by atoms with E-state index in [1.165, 1.54) is 16.8 Å². The van der Waals surface area contributed by atoms with Crippen LogP contribution in [0.3, 0.4) is 0 Å². The summed E-state index contributed by atoms with van der Waals surface area (Å²) in [7, 11) is 0. The van der Waals surface area contributed by atoms with E-state index in [1.54, 1.807) is 4.68 Å². The molecule has 122 valence electrons. The third kappa shape index (κ3) is 4.54. The van der Waals surface area contributed by atoms with Crippen molar-refractivity contribution in [2.75, 3.05) is 13.1 Å². The van der Waals surface area contributed by atoms with Gasteiger partial charge in [-0.25, -0.2) is 4.68 Å². The minimum absolute atomic E-state index is 0.194. The molecule has 1 aromatic heterocycles. The molecule has 6 nitrogen and oxygen atoms in total. The topological polar surface area (TPSA) is 63.9 Å². The first-order valence-corrected chi connectivity index (χ1v) is 8.80. The Morgan fingerprint density at radius 2 is 2.00 bits per heavy atom. The molecule has 2 heterocycles. The van der Waals surface area contributed by atoms with Crippen LogP contribution in [-0.2, 0) is 11.3 Å². The van der Waals surface area contributed by atoms with Gasteiger partial charge in [0.2, 0.25) is 5.91 Å². The SMILES string of the molecule is Cc1ccc(SC2CCN(C(=O)CCn3cnnn3)CC2)cc1. The fourth-order valence-electron chi connectivity index (χ4n) is 2.68. The maximum atomic E-state index is 12.2. The Morgan fingerprint density at radius 3 is 2.65 bits per heavy atom. The summed E-state index contributed by atoms with van der Waals surface area (Å²) < 4.78 is 1.60. The summed E-state index contributed by atoms with van der Waals surface area (Å²) in [4.78, 5) is 15.5. The summed E-state index contributed by atoms with van der Waals surface area (Å²) in [5.74, 6) is 0.194. The van der Waals surface area contributed by atoms with Crippen molar-refractivity contribution in [2.45, 2.75) is 42.9 Å². The number of carbonyl (C=O) groups is 1. The van der Waals surface area contributed by atoms with Gasteiger partial charge in [0.05, 0.1) is 6.54 Å². The number of hydrogen-bond acceptors (Lipinski definition) is 5. The molecule has 1 aromatic carbocycles. The molecule has 0 radical (unpaired) electrons. The van der Waals surface area contributed by atoms with Gasteiger partial charge in [-0.2, -0.15) is 0 Å². The van der Waals surface area contributed by atoms with Gasteiger partial charge in [0.15, 0.2) is 0 Å². The Labute approximate surface area is 140 Å². The van der Waals surface area contributed by atoms with Crippen molar-refractivity contribution in [2.24, 2.45) is 0 Å². The van der Waals surface area contributed by atoms with E-state index in [-0.39, 0.29) is 5.91 Å². The Bertz CT molecular complexity index is 620. The standard InChI is InChI=1S/C16H21N5OS/c1-13-2-4-14(5-3-13)23-15-6-9-20(10-7-15)16(22)8-11-21-12-17-18-19-21/h2-5,12,15H,6-11H2,1H3. The van der Waals surface area contributed by atoms with Crippen LogP contribution in [-0.4, -0.2) is 49.4 Å². The van der Waals surface area contributed by atoms with Crippen molar-refractivity contribution in [1.82, 2.24) is 25.1 Å². The van der Waals surface area contributed by atoms with Gasteiger partial charge in [0.25, 0.3) is 0 Å². The molecule has 1 aliphatic heterocycles. The van der Waals surface area contributed by atoms with Gasteiger partial charge in [-0.05, 0) is 42.3 Å². The fraction of sp³-hybridized carbons (Fsp3) is 0.500. The quantitative estimate of drug-likeness (QED) is 0.840. The number of benzene rings is 1. The molecule has 0 atom stereocenters. The van der Waals surface area contributed by atoms with Gasteiger partial charge in [-0.3, -0.25) is 4.79 Å². The third-order valence-corrected chi connectivity index (χ3v) is 5.41. The molecule has 1 fully saturated rings. The summed E-state index contributed by atoms with van der Waals surface area (Å²) in [6, 6.07) is 8.67. The van der Waals surface area contributed by atoms with E-state index in [4.69, 9.17) is 0 Å². The molecule has 0 spiro atoms. The highest BCUT2D eigenvalue weighted by Crippen LogP contribution is 2.30. The van der Waals surface area contributed by atoms with Crippen molar-refractivity contribution in [3.05, 3.63) is 36.2 Å². The molecule has 1 amide bonds. The molecule has 1 aliphatic rings. The van der Waals surface area contributed by atoms with Gasteiger partial charge in [0.1, 0.15) is 6.33 Å². The minimum Gasteiger partial charge on any atom is -0.343 e. The lowest BCUT2D eigenvalue weighted by Crippen LogP contribution is -2.39. The maximum absolute atomic E-state index is 12.2. The zero-order valence-corrected chi connectivity index (χ0v) is 14.1. The third-order valence-electron chi connectivity index (χ3n) is 4.06. The second kappa shape index (κ2) is 7.59. The molecule has 1 saturated heterocycles. The zero-order valence-electron chi connectivity index (χ0n) is 13.3. The summed E-state index contributed by atoms with van der Waals surface area (Å²) in [5.41, 5.74) is 1.29. The lowest BCUT2D eigenvalue weighted by molar-refractivity contribution is -0.132. The van der Waals surface area contributed by atoms with Crippen LogP contribution in [0.15, 0.2) is 35.5 Å². The van der Waals surface area contributed by atoms with E-state index in [1.807, 2.05) is 16.7 Å². The van der Waals surface area contributed by atoms with E-state index < -0.39 is 0 Å². The number of aromatic nitrogens is 4. The molecule has 0 bridgehead atoms. The number of amides is 1. The van der Waals surface area contributed by atoms with Crippen LogP contribution in [0.1, 0.15) is 24.8 Å². The van der Waals surface area contributed by atoms with Crippen LogP contribution < -0.4 is 0 Å². The van der Waals surface area contributed by atoms with Crippen molar-refractivity contribution < 1.29 is 4.79 Å². The van der Waals surface area contributed by atoms with Crippen LogP contribution in [0.2, 0.25) is 0 Å². The first-order chi connectivity index (χ1) is 11.2. The van der Waals surface area contributed by atoms with E-state index in [9.17, 15) is 4.79 Å². The predicted octanol–water partition coefficient (Wildman–Crippen LogP) is 2.15. The molecule has 23 heavy (non-hydrogen) atoms. The van der Waals surface area contributed by atoms with Gasteiger partial charge in [0, 0.05) is 29.7 Å². The molecule has 0 N–H and O–H groups in total. The van der Waals surface area contributed by atoms with Crippen LogP contribution in [0, 0.1) is 6.92 Å². The Morgan fingerprint density at radius 1 is 1.26 bits per heavy atom. The largest absolute Gasteiger partial charge is 0.343 e. The smallest absolute Gasteiger partial charge is 0.224 e. The number of hydrogen-bond donors (Lipinski definition) is 0. The molecule has 0 aliphatic carbocycles. The number of rotatable bonds is 5. The highest BCUT2D eigenvalue weighted by atomic mass is 32.2. The number of nitrogens with zero attached hydrogens (tertiary/aromatic N) is 5. The summed E-state index contributed by atoms with van der Waals surface area (Å²) >= 11 is 1.93. The van der Waals surface area contributed by atoms with Crippen LogP contribution in [0.4, 0.5) is 0 Å². The Balaban J connectivity index is 1.42. The summed E-state index contributed by atoms with van der Waals surface area (Å²) in [6.45, 7) is 4.34. The Hall–Kier alpha value is -1.89.